The fourth-order valence-corrected chi connectivity index (χ4v) is 2.97. The predicted octanol–water partition coefficient (Wildman–Crippen LogP) is 2.90. The minimum absolute atomic E-state index is 0.0209. The standard InChI is InChI=1S/C13H17ClO5S/c1-8(2)10-7-12(20(14,17)18)9(3)6-11(10)19-5-4-13(15)16/h6-8H,4-5H2,1-3H3,(H,15,16). The third kappa shape index (κ3) is 4.38. The van der Waals surface area contributed by atoms with E-state index < -0.39 is 15.0 Å². The third-order valence-corrected chi connectivity index (χ3v) is 4.23. The Morgan fingerprint density at radius 2 is 2.00 bits per heavy atom. The lowest BCUT2D eigenvalue weighted by molar-refractivity contribution is -0.137. The summed E-state index contributed by atoms with van der Waals surface area (Å²) in [7, 11) is 1.57. The molecule has 0 fully saturated rings. The first-order valence-corrected chi connectivity index (χ1v) is 8.37. The smallest absolute Gasteiger partial charge is 0.306 e. The van der Waals surface area contributed by atoms with Crippen molar-refractivity contribution in [3.05, 3.63) is 23.3 Å². The summed E-state index contributed by atoms with van der Waals surface area (Å²) >= 11 is 0. The first-order valence-electron chi connectivity index (χ1n) is 6.06. The average Bonchev–Trinajstić information content (AvgIpc) is 2.26. The van der Waals surface area contributed by atoms with Gasteiger partial charge in [0.1, 0.15) is 5.75 Å². The van der Waals surface area contributed by atoms with Crippen LogP contribution in [0.3, 0.4) is 0 Å². The highest BCUT2D eigenvalue weighted by atomic mass is 35.7. The number of halogens is 1. The van der Waals surface area contributed by atoms with Crippen molar-refractivity contribution in [2.45, 2.75) is 38.0 Å². The Bertz CT molecular complexity index is 607. The normalized spacial score (nSPS) is 11.7. The summed E-state index contributed by atoms with van der Waals surface area (Å²) in [6.45, 7) is 5.42. The first-order chi connectivity index (χ1) is 9.12. The van der Waals surface area contributed by atoms with Crippen LogP contribution in [0.15, 0.2) is 17.0 Å². The second-order valence-corrected chi connectivity index (χ2v) is 7.27. The Labute approximate surface area is 122 Å². The molecule has 0 heterocycles. The lowest BCUT2D eigenvalue weighted by atomic mass is 10.0. The number of carbonyl (C=O) groups is 1. The molecule has 20 heavy (non-hydrogen) atoms. The van der Waals surface area contributed by atoms with Crippen molar-refractivity contribution >= 4 is 25.7 Å². The van der Waals surface area contributed by atoms with Gasteiger partial charge in [-0.2, -0.15) is 0 Å². The fraction of sp³-hybridized carbons (Fsp3) is 0.462. The minimum Gasteiger partial charge on any atom is -0.493 e. The second-order valence-electron chi connectivity index (χ2n) is 4.74. The van der Waals surface area contributed by atoms with Crippen LogP contribution >= 0.6 is 10.7 Å². The molecule has 0 saturated carbocycles. The molecule has 0 aliphatic rings. The molecule has 0 spiro atoms. The Hall–Kier alpha value is -1.27. The van der Waals surface area contributed by atoms with Crippen LogP contribution in [0.1, 0.15) is 37.3 Å². The average molecular weight is 321 g/mol. The van der Waals surface area contributed by atoms with E-state index in [1.165, 1.54) is 6.07 Å². The first kappa shape index (κ1) is 16.8. The zero-order valence-electron chi connectivity index (χ0n) is 11.5. The highest BCUT2D eigenvalue weighted by Crippen LogP contribution is 2.33. The summed E-state index contributed by atoms with van der Waals surface area (Å²) < 4.78 is 28.4. The van der Waals surface area contributed by atoms with Gasteiger partial charge in [-0.15, -0.1) is 0 Å². The molecule has 112 valence electrons. The minimum atomic E-state index is -3.82. The molecule has 0 atom stereocenters. The molecule has 0 unspecified atom stereocenters. The van der Waals surface area contributed by atoms with Gasteiger partial charge in [0.25, 0.3) is 9.05 Å². The van der Waals surface area contributed by atoms with E-state index in [0.29, 0.717) is 16.9 Å². The van der Waals surface area contributed by atoms with Gasteiger partial charge in [-0.1, -0.05) is 13.8 Å². The van der Waals surface area contributed by atoms with Crippen molar-refractivity contribution in [3.8, 4) is 5.75 Å². The molecule has 1 aromatic rings. The maximum absolute atomic E-state index is 11.5. The molecular formula is C13H17ClO5S. The predicted molar refractivity (Wildman–Crippen MR) is 76.1 cm³/mol. The quantitative estimate of drug-likeness (QED) is 0.815. The van der Waals surface area contributed by atoms with Gasteiger partial charge in [0, 0.05) is 10.7 Å². The lowest BCUT2D eigenvalue weighted by Crippen LogP contribution is -2.08. The lowest BCUT2D eigenvalue weighted by Gasteiger charge is -2.16. The highest BCUT2D eigenvalue weighted by molar-refractivity contribution is 8.13. The Kier molecular flexibility index (Phi) is 5.42. The number of hydrogen-bond donors (Lipinski definition) is 1. The maximum Gasteiger partial charge on any atom is 0.306 e. The van der Waals surface area contributed by atoms with Crippen LogP contribution in [0.5, 0.6) is 5.75 Å². The van der Waals surface area contributed by atoms with Crippen molar-refractivity contribution in [1.82, 2.24) is 0 Å². The van der Waals surface area contributed by atoms with E-state index in [9.17, 15) is 13.2 Å². The van der Waals surface area contributed by atoms with Gasteiger partial charge < -0.3 is 9.84 Å². The molecular weight excluding hydrogens is 304 g/mol. The van der Waals surface area contributed by atoms with E-state index in [0.717, 1.165) is 0 Å². The van der Waals surface area contributed by atoms with Crippen molar-refractivity contribution in [3.63, 3.8) is 0 Å². The van der Waals surface area contributed by atoms with Crippen molar-refractivity contribution in [2.75, 3.05) is 6.61 Å². The van der Waals surface area contributed by atoms with Crippen LogP contribution in [-0.2, 0) is 13.8 Å². The van der Waals surface area contributed by atoms with E-state index in [1.807, 2.05) is 13.8 Å². The summed E-state index contributed by atoms with van der Waals surface area (Å²) in [5, 5.41) is 8.60. The molecule has 0 bridgehead atoms. The molecule has 0 radical (unpaired) electrons. The molecule has 0 saturated heterocycles. The second kappa shape index (κ2) is 6.45. The molecule has 5 nitrogen and oxygen atoms in total. The van der Waals surface area contributed by atoms with Crippen molar-refractivity contribution in [2.24, 2.45) is 0 Å². The molecule has 1 rings (SSSR count). The number of carboxylic acid groups (broad SMARTS) is 1. The van der Waals surface area contributed by atoms with E-state index in [1.54, 1.807) is 13.0 Å². The fourth-order valence-electron chi connectivity index (χ4n) is 1.76. The van der Waals surface area contributed by atoms with Gasteiger partial charge >= 0.3 is 5.97 Å². The van der Waals surface area contributed by atoms with Crippen LogP contribution in [0, 0.1) is 6.92 Å². The summed E-state index contributed by atoms with van der Waals surface area (Å²) in [4.78, 5) is 10.5. The van der Waals surface area contributed by atoms with E-state index in [2.05, 4.69) is 0 Å². The largest absolute Gasteiger partial charge is 0.493 e. The van der Waals surface area contributed by atoms with Crippen LogP contribution in [0.2, 0.25) is 0 Å². The Balaban J connectivity index is 3.18. The van der Waals surface area contributed by atoms with Crippen LogP contribution in [-0.4, -0.2) is 26.1 Å². The molecule has 1 N–H and O–H groups in total. The summed E-state index contributed by atoms with van der Waals surface area (Å²) in [6.07, 6.45) is -0.119. The number of aliphatic carboxylic acids is 1. The number of ether oxygens (including phenoxy) is 1. The summed E-state index contributed by atoms with van der Waals surface area (Å²) in [6, 6.07) is 3.06. The zero-order chi connectivity index (χ0) is 15.5. The molecule has 0 aliphatic carbocycles. The van der Waals surface area contributed by atoms with Crippen LogP contribution in [0.25, 0.3) is 0 Å². The van der Waals surface area contributed by atoms with E-state index in [-0.39, 0.29) is 23.8 Å². The van der Waals surface area contributed by atoms with E-state index >= 15 is 0 Å². The molecule has 1 aromatic carbocycles. The van der Waals surface area contributed by atoms with Gasteiger partial charge in [-0.05, 0) is 36.1 Å². The number of hydrogen-bond acceptors (Lipinski definition) is 4. The number of benzene rings is 1. The number of rotatable bonds is 6. The summed E-state index contributed by atoms with van der Waals surface area (Å²) in [5.41, 5.74) is 1.15. The van der Waals surface area contributed by atoms with E-state index in [4.69, 9.17) is 20.5 Å². The molecule has 0 aliphatic heterocycles. The molecule has 0 amide bonds. The summed E-state index contributed by atoms with van der Waals surface area (Å²) in [5.74, 6) is -0.441. The van der Waals surface area contributed by atoms with Crippen LogP contribution < -0.4 is 4.74 Å². The molecule has 7 heteroatoms. The monoisotopic (exact) mass is 320 g/mol. The van der Waals surface area contributed by atoms with Crippen LogP contribution in [0.4, 0.5) is 0 Å². The van der Waals surface area contributed by atoms with Crippen molar-refractivity contribution in [1.29, 1.82) is 0 Å². The van der Waals surface area contributed by atoms with Gasteiger partial charge in [0.15, 0.2) is 0 Å². The van der Waals surface area contributed by atoms with Gasteiger partial charge in [0.2, 0.25) is 0 Å². The van der Waals surface area contributed by atoms with Gasteiger partial charge in [-0.25, -0.2) is 8.42 Å². The Morgan fingerprint density at radius 3 is 2.45 bits per heavy atom. The topological polar surface area (TPSA) is 80.7 Å². The molecule has 0 aromatic heterocycles. The third-order valence-electron chi connectivity index (χ3n) is 2.77. The number of aryl methyl sites for hydroxylation is 1. The maximum atomic E-state index is 11.5. The highest BCUT2D eigenvalue weighted by Gasteiger charge is 2.19. The Morgan fingerprint density at radius 1 is 1.40 bits per heavy atom. The SMILES string of the molecule is Cc1cc(OCCC(=O)O)c(C(C)C)cc1S(=O)(=O)Cl. The number of carboxylic acids is 1. The zero-order valence-corrected chi connectivity index (χ0v) is 13.1. The van der Waals surface area contributed by atoms with Crippen molar-refractivity contribution < 1.29 is 23.1 Å². The van der Waals surface area contributed by atoms with Gasteiger partial charge in [-0.3, -0.25) is 4.79 Å². The van der Waals surface area contributed by atoms with Gasteiger partial charge in [0.05, 0.1) is 17.9 Å².